The molecule has 3 heterocycles. The van der Waals surface area contributed by atoms with Crippen molar-refractivity contribution in [3.05, 3.63) is 92.0 Å². The summed E-state index contributed by atoms with van der Waals surface area (Å²) in [5.74, 6) is -1.17. The molecule has 0 N–H and O–H groups in total. The lowest BCUT2D eigenvalue weighted by molar-refractivity contribution is 0.0970. The van der Waals surface area contributed by atoms with E-state index in [4.69, 9.17) is 16.0 Å². The van der Waals surface area contributed by atoms with Crippen molar-refractivity contribution in [2.75, 3.05) is 4.90 Å². The van der Waals surface area contributed by atoms with Gasteiger partial charge in [0.2, 0.25) is 5.76 Å². The van der Waals surface area contributed by atoms with Crippen LogP contribution in [-0.4, -0.2) is 10.9 Å². The predicted octanol–water partition coefficient (Wildman–Crippen LogP) is 4.79. The van der Waals surface area contributed by atoms with E-state index in [1.807, 2.05) is 0 Å². The number of amides is 1. The van der Waals surface area contributed by atoms with Crippen molar-refractivity contribution in [2.45, 2.75) is 6.04 Å². The largest absolute Gasteiger partial charge is 0.450 e. The summed E-state index contributed by atoms with van der Waals surface area (Å²) in [6, 6.07) is 9.66. The molecule has 0 aliphatic carbocycles. The normalized spacial score (nSPS) is 16.0. The number of carbonyl (C=O) groups is 1. The molecular formula is C20H10ClFN2O3S. The standard InChI is InChI=1S/C20H10ClFN2O3S/c21-10-5-6-14-12(9-10)17(25)15-16(11-3-1-2-4-13(11)22)24(19(26)18(15)27-14)20-23-7-8-28-20/h1-9,16H. The minimum atomic E-state index is -0.977. The number of rotatable bonds is 2. The highest BCUT2D eigenvalue weighted by molar-refractivity contribution is 7.13. The second-order valence-electron chi connectivity index (χ2n) is 6.23. The molecular weight excluding hydrogens is 403 g/mol. The number of nitrogens with zero attached hydrogens (tertiary/aromatic N) is 2. The molecule has 0 bridgehead atoms. The minimum Gasteiger partial charge on any atom is -0.450 e. The number of aromatic nitrogens is 1. The molecule has 2 aromatic carbocycles. The van der Waals surface area contributed by atoms with Gasteiger partial charge in [-0.05, 0) is 24.3 Å². The van der Waals surface area contributed by atoms with E-state index in [0.29, 0.717) is 10.2 Å². The summed E-state index contributed by atoms with van der Waals surface area (Å²) >= 11 is 7.25. The van der Waals surface area contributed by atoms with Gasteiger partial charge in [-0.2, -0.15) is 0 Å². The zero-order chi connectivity index (χ0) is 19.4. The Bertz CT molecular complexity index is 1300. The summed E-state index contributed by atoms with van der Waals surface area (Å²) in [5, 5.41) is 2.66. The number of hydrogen-bond donors (Lipinski definition) is 0. The molecule has 4 aromatic rings. The molecule has 0 fully saturated rings. The number of hydrogen-bond acceptors (Lipinski definition) is 5. The Kier molecular flexibility index (Phi) is 3.82. The highest BCUT2D eigenvalue weighted by Crippen LogP contribution is 2.42. The average Bonchev–Trinajstić information content (AvgIpc) is 3.30. The second-order valence-corrected chi connectivity index (χ2v) is 7.54. The van der Waals surface area contributed by atoms with Crippen molar-refractivity contribution in [3.63, 3.8) is 0 Å². The van der Waals surface area contributed by atoms with Crippen LogP contribution in [-0.2, 0) is 0 Å². The van der Waals surface area contributed by atoms with Crippen LogP contribution in [0, 0.1) is 5.82 Å². The molecule has 1 amide bonds. The molecule has 0 saturated heterocycles. The number of halogens is 2. The highest BCUT2D eigenvalue weighted by atomic mass is 35.5. The van der Waals surface area contributed by atoms with Gasteiger partial charge in [0.25, 0.3) is 5.91 Å². The van der Waals surface area contributed by atoms with Crippen LogP contribution in [0.5, 0.6) is 0 Å². The summed E-state index contributed by atoms with van der Waals surface area (Å²) < 4.78 is 20.5. The molecule has 28 heavy (non-hydrogen) atoms. The van der Waals surface area contributed by atoms with Crippen LogP contribution in [0.3, 0.4) is 0 Å². The van der Waals surface area contributed by atoms with Gasteiger partial charge in [-0.15, -0.1) is 11.3 Å². The van der Waals surface area contributed by atoms with Gasteiger partial charge < -0.3 is 4.42 Å². The lowest BCUT2D eigenvalue weighted by atomic mass is 9.98. The third-order valence-corrected chi connectivity index (χ3v) is 5.66. The van der Waals surface area contributed by atoms with E-state index in [1.54, 1.807) is 35.8 Å². The maximum atomic E-state index is 14.7. The van der Waals surface area contributed by atoms with Gasteiger partial charge in [0.15, 0.2) is 10.6 Å². The molecule has 138 valence electrons. The van der Waals surface area contributed by atoms with Gasteiger partial charge in [0.1, 0.15) is 17.4 Å². The van der Waals surface area contributed by atoms with Crippen LogP contribution >= 0.6 is 22.9 Å². The van der Waals surface area contributed by atoms with E-state index >= 15 is 0 Å². The zero-order valence-electron chi connectivity index (χ0n) is 14.1. The Labute approximate surface area is 166 Å². The smallest absolute Gasteiger partial charge is 0.297 e. The third-order valence-electron chi connectivity index (χ3n) is 4.66. The maximum absolute atomic E-state index is 14.7. The van der Waals surface area contributed by atoms with Crippen LogP contribution in [0.1, 0.15) is 27.7 Å². The van der Waals surface area contributed by atoms with Gasteiger partial charge in [0, 0.05) is 22.2 Å². The van der Waals surface area contributed by atoms with Crippen molar-refractivity contribution in [2.24, 2.45) is 0 Å². The summed E-state index contributed by atoms with van der Waals surface area (Å²) in [5.41, 5.74) is 0.104. The number of fused-ring (bicyclic) bond motifs is 2. The zero-order valence-corrected chi connectivity index (χ0v) is 15.6. The lowest BCUT2D eigenvalue weighted by Gasteiger charge is -2.22. The molecule has 0 saturated carbocycles. The van der Waals surface area contributed by atoms with E-state index in [0.717, 1.165) is 0 Å². The number of benzene rings is 2. The third kappa shape index (κ3) is 2.40. The predicted molar refractivity (Wildman–Crippen MR) is 105 cm³/mol. The fourth-order valence-electron chi connectivity index (χ4n) is 3.47. The first-order valence-corrected chi connectivity index (χ1v) is 9.56. The molecule has 2 aromatic heterocycles. The molecule has 0 spiro atoms. The van der Waals surface area contributed by atoms with Crippen LogP contribution in [0.2, 0.25) is 5.02 Å². The molecule has 1 aliphatic heterocycles. The Morgan fingerprint density at radius 2 is 2.00 bits per heavy atom. The van der Waals surface area contributed by atoms with Crippen LogP contribution < -0.4 is 10.3 Å². The molecule has 1 aliphatic rings. The molecule has 0 radical (unpaired) electrons. The highest BCUT2D eigenvalue weighted by Gasteiger charge is 2.45. The van der Waals surface area contributed by atoms with E-state index in [9.17, 15) is 14.0 Å². The number of anilines is 1. The lowest BCUT2D eigenvalue weighted by Crippen LogP contribution is -2.29. The maximum Gasteiger partial charge on any atom is 0.297 e. The SMILES string of the molecule is O=C1c2oc3ccc(Cl)cc3c(=O)c2C(c2ccccc2F)N1c1nccs1. The van der Waals surface area contributed by atoms with Gasteiger partial charge in [-0.1, -0.05) is 29.8 Å². The molecule has 5 nitrogen and oxygen atoms in total. The Morgan fingerprint density at radius 3 is 2.75 bits per heavy atom. The van der Waals surface area contributed by atoms with Gasteiger partial charge in [-0.3, -0.25) is 14.5 Å². The Morgan fingerprint density at radius 1 is 1.18 bits per heavy atom. The molecule has 8 heteroatoms. The van der Waals surface area contributed by atoms with Crippen LogP contribution in [0.4, 0.5) is 9.52 Å². The first kappa shape index (κ1) is 17.1. The van der Waals surface area contributed by atoms with Crippen molar-refractivity contribution < 1.29 is 13.6 Å². The van der Waals surface area contributed by atoms with Crippen molar-refractivity contribution in [1.82, 2.24) is 4.98 Å². The Balaban J connectivity index is 1.87. The van der Waals surface area contributed by atoms with Gasteiger partial charge in [0.05, 0.1) is 10.9 Å². The first-order valence-electron chi connectivity index (χ1n) is 8.30. The van der Waals surface area contributed by atoms with E-state index in [2.05, 4.69) is 4.98 Å². The number of carbonyl (C=O) groups excluding carboxylic acids is 1. The van der Waals surface area contributed by atoms with E-state index in [-0.39, 0.29) is 27.9 Å². The summed E-state index contributed by atoms with van der Waals surface area (Å²) in [6.45, 7) is 0. The summed E-state index contributed by atoms with van der Waals surface area (Å²) in [4.78, 5) is 31.9. The first-order chi connectivity index (χ1) is 13.6. The van der Waals surface area contributed by atoms with Crippen LogP contribution in [0.15, 0.2) is 63.3 Å². The van der Waals surface area contributed by atoms with Crippen molar-refractivity contribution in [3.8, 4) is 0 Å². The van der Waals surface area contributed by atoms with E-state index in [1.165, 1.54) is 34.4 Å². The topological polar surface area (TPSA) is 63.4 Å². The Hall–Kier alpha value is -3.03. The molecule has 1 unspecified atom stereocenters. The second kappa shape index (κ2) is 6.25. The van der Waals surface area contributed by atoms with Crippen molar-refractivity contribution in [1.29, 1.82) is 0 Å². The molecule has 1 atom stereocenters. The molecule has 5 rings (SSSR count). The number of thiazole rings is 1. The van der Waals surface area contributed by atoms with Crippen molar-refractivity contribution >= 4 is 44.9 Å². The fraction of sp³-hybridized carbons (Fsp3) is 0.0500. The monoisotopic (exact) mass is 412 g/mol. The van der Waals surface area contributed by atoms with Crippen LogP contribution in [0.25, 0.3) is 11.0 Å². The quantitative estimate of drug-likeness (QED) is 0.474. The average molecular weight is 413 g/mol. The van der Waals surface area contributed by atoms with E-state index < -0.39 is 23.2 Å². The summed E-state index contributed by atoms with van der Waals surface area (Å²) in [6.07, 6.45) is 1.54. The van der Waals surface area contributed by atoms with Gasteiger partial charge >= 0.3 is 0 Å². The summed E-state index contributed by atoms with van der Waals surface area (Å²) in [7, 11) is 0. The fourth-order valence-corrected chi connectivity index (χ4v) is 4.31. The minimum absolute atomic E-state index is 0.0834. The van der Waals surface area contributed by atoms with Gasteiger partial charge in [-0.25, -0.2) is 9.37 Å².